The minimum Gasteiger partial charge on any atom is -0.465 e. The smallest absolute Gasteiger partial charge is 0.419 e. The number of benzene rings is 1. The number of nitrogen functional groups attached to an aromatic ring is 1. The maximum atomic E-state index is 12.5. The Morgan fingerprint density at radius 2 is 2.10 bits per heavy atom. The molecule has 0 radical (unpaired) electrons. The summed E-state index contributed by atoms with van der Waals surface area (Å²) in [5.74, 6) is -0.674. The largest absolute Gasteiger partial charge is 0.465 e. The molecular formula is C12H10F3N3O2. The normalized spacial score (nSPS) is 11.4. The molecular weight excluding hydrogens is 275 g/mol. The van der Waals surface area contributed by atoms with Gasteiger partial charge in [-0.25, -0.2) is 9.48 Å². The van der Waals surface area contributed by atoms with Crippen molar-refractivity contribution in [3.05, 3.63) is 41.7 Å². The van der Waals surface area contributed by atoms with E-state index in [2.05, 4.69) is 9.84 Å². The van der Waals surface area contributed by atoms with Crippen molar-refractivity contribution in [1.82, 2.24) is 9.78 Å². The highest BCUT2D eigenvalue weighted by Crippen LogP contribution is 2.30. The molecule has 0 saturated heterocycles. The molecule has 0 aliphatic heterocycles. The Hall–Kier alpha value is -2.51. The van der Waals surface area contributed by atoms with E-state index in [4.69, 9.17) is 5.73 Å². The Morgan fingerprint density at radius 3 is 2.65 bits per heavy atom. The standard InChI is InChI=1S/C12H10F3N3O2/c1-20-11(19)8-3-2-4-9(10(8)16)18-6-7(5-17-18)12(13,14)15/h2-6H,16H2,1H3. The SMILES string of the molecule is COC(=O)c1cccc(-n2cc(C(F)(F)F)cn2)c1N. The lowest BCUT2D eigenvalue weighted by atomic mass is 10.1. The number of alkyl halides is 3. The maximum absolute atomic E-state index is 12.5. The van der Waals surface area contributed by atoms with Crippen LogP contribution in [0.15, 0.2) is 30.6 Å². The minimum absolute atomic E-state index is 0.00354. The van der Waals surface area contributed by atoms with Crippen molar-refractivity contribution in [1.29, 1.82) is 0 Å². The summed E-state index contributed by atoms with van der Waals surface area (Å²) >= 11 is 0. The molecule has 0 unspecified atom stereocenters. The summed E-state index contributed by atoms with van der Waals surface area (Å²) < 4.78 is 43.1. The van der Waals surface area contributed by atoms with Gasteiger partial charge in [-0.05, 0) is 12.1 Å². The van der Waals surface area contributed by atoms with Gasteiger partial charge in [0, 0.05) is 6.20 Å². The van der Waals surface area contributed by atoms with Crippen molar-refractivity contribution < 1.29 is 22.7 Å². The molecule has 0 atom stereocenters. The Bertz CT molecular complexity index is 650. The molecule has 0 bridgehead atoms. The zero-order valence-corrected chi connectivity index (χ0v) is 10.3. The fourth-order valence-corrected chi connectivity index (χ4v) is 1.64. The topological polar surface area (TPSA) is 70.1 Å². The highest BCUT2D eigenvalue weighted by molar-refractivity contribution is 5.97. The predicted molar refractivity (Wildman–Crippen MR) is 64.3 cm³/mol. The van der Waals surface area contributed by atoms with Gasteiger partial charge in [0.05, 0.1) is 35.8 Å². The van der Waals surface area contributed by atoms with Crippen molar-refractivity contribution >= 4 is 11.7 Å². The van der Waals surface area contributed by atoms with Crippen LogP contribution >= 0.6 is 0 Å². The molecule has 106 valence electrons. The Balaban J connectivity index is 2.49. The number of carbonyl (C=O) groups excluding carboxylic acids is 1. The fraction of sp³-hybridized carbons (Fsp3) is 0.167. The average molecular weight is 285 g/mol. The molecule has 5 nitrogen and oxygen atoms in total. The van der Waals surface area contributed by atoms with Crippen LogP contribution < -0.4 is 5.73 Å². The molecule has 1 heterocycles. The van der Waals surface area contributed by atoms with E-state index in [1.54, 1.807) is 0 Å². The lowest BCUT2D eigenvalue weighted by molar-refractivity contribution is -0.137. The first-order valence-corrected chi connectivity index (χ1v) is 5.43. The average Bonchev–Trinajstić information content (AvgIpc) is 2.87. The molecule has 0 aliphatic rings. The van der Waals surface area contributed by atoms with Gasteiger partial charge in [-0.2, -0.15) is 18.3 Å². The first-order chi connectivity index (χ1) is 9.34. The first-order valence-electron chi connectivity index (χ1n) is 5.43. The molecule has 8 heteroatoms. The quantitative estimate of drug-likeness (QED) is 0.678. The fourth-order valence-electron chi connectivity index (χ4n) is 1.64. The molecule has 2 N–H and O–H groups in total. The van der Waals surface area contributed by atoms with Gasteiger partial charge < -0.3 is 10.5 Å². The number of hydrogen-bond donors (Lipinski definition) is 1. The van der Waals surface area contributed by atoms with Crippen molar-refractivity contribution in [2.75, 3.05) is 12.8 Å². The van der Waals surface area contributed by atoms with E-state index >= 15 is 0 Å². The zero-order valence-electron chi connectivity index (χ0n) is 10.3. The Labute approximate surface area is 111 Å². The molecule has 2 rings (SSSR count). The van der Waals surface area contributed by atoms with Crippen LogP contribution in [0.1, 0.15) is 15.9 Å². The second-order valence-electron chi connectivity index (χ2n) is 3.90. The van der Waals surface area contributed by atoms with Gasteiger partial charge in [0.15, 0.2) is 0 Å². The minimum atomic E-state index is -4.49. The molecule has 0 saturated carbocycles. The lowest BCUT2D eigenvalue weighted by Crippen LogP contribution is -2.09. The third-order valence-electron chi connectivity index (χ3n) is 2.65. The molecule has 0 fully saturated rings. The van der Waals surface area contributed by atoms with Crippen molar-refractivity contribution in [3.63, 3.8) is 0 Å². The summed E-state index contributed by atoms with van der Waals surface area (Å²) in [6.45, 7) is 0. The van der Waals surface area contributed by atoms with Crippen molar-refractivity contribution in [2.24, 2.45) is 0 Å². The van der Waals surface area contributed by atoms with Crippen LogP contribution in [0.4, 0.5) is 18.9 Å². The lowest BCUT2D eigenvalue weighted by Gasteiger charge is -2.09. The molecule has 2 aromatic rings. The molecule has 0 spiro atoms. The number of nitrogens with two attached hydrogens (primary N) is 1. The van der Waals surface area contributed by atoms with Gasteiger partial charge in [-0.3, -0.25) is 0 Å². The van der Waals surface area contributed by atoms with Crippen LogP contribution in [0.25, 0.3) is 5.69 Å². The van der Waals surface area contributed by atoms with E-state index < -0.39 is 17.7 Å². The van der Waals surface area contributed by atoms with Crippen molar-refractivity contribution in [2.45, 2.75) is 6.18 Å². The Morgan fingerprint density at radius 1 is 1.40 bits per heavy atom. The van der Waals surface area contributed by atoms with E-state index in [1.165, 1.54) is 25.3 Å². The number of anilines is 1. The number of aromatic nitrogens is 2. The number of nitrogens with zero attached hydrogens (tertiary/aromatic N) is 2. The Kier molecular flexibility index (Phi) is 3.39. The van der Waals surface area contributed by atoms with E-state index in [1.807, 2.05) is 0 Å². The number of hydrogen-bond acceptors (Lipinski definition) is 4. The van der Waals surface area contributed by atoms with Crippen molar-refractivity contribution in [3.8, 4) is 5.69 Å². The van der Waals surface area contributed by atoms with Gasteiger partial charge in [0.25, 0.3) is 0 Å². The molecule has 0 amide bonds. The number of carbonyl (C=O) groups is 1. The van der Waals surface area contributed by atoms with Crippen LogP contribution in [-0.2, 0) is 10.9 Å². The van der Waals surface area contributed by atoms with E-state index in [9.17, 15) is 18.0 Å². The van der Waals surface area contributed by atoms with Gasteiger partial charge in [-0.1, -0.05) is 6.07 Å². The van der Waals surface area contributed by atoms with Crippen LogP contribution in [0.5, 0.6) is 0 Å². The summed E-state index contributed by atoms with van der Waals surface area (Å²) in [5, 5.41) is 3.60. The summed E-state index contributed by atoms with van der Waals surface area (Å²) in [7, 11) is 1.18. The van der Waals surface area contributed by atoms with Crippen LogP contribution in [0.2, 0.25) is 0 Å². The van der Waals surface area contributed by atoms with Crippen LogP contribution in [-0.4, -0.2) is 22.9 Å². The van der Waals surface area contributed by atoms with Crippen LogP contribution in [0, 0.1) is 0 Å². The maximum Gasteiger partial charge on any atom is 0.419 e. The van der Waals surface area contributed by atoms with Gasteiger partial charge in [-0.15, -0.1) is 0 Å². The molecule has 1 aromatic carbocycles. The monoisotopic (exact) mass is 285 g/mol. The number of rotatable bonds is 2. The summed E-state index contributed by atoms with van der Waals surface area (Å²) in [6.07, 6.45) is -3.01. The van der Waals surface area contributed by atoms with Crippen LogP contribution in [0.3, 0.4) is 0 Å². The third kappa shape index (κ3) is 2.44. The summed E-state index contributed by atoms with van der Waals surface area (Å²) in [6, 6.07) is 4.35. The molecule has 20 heavy (non-hydrogen) atoms. The van der Waals surface area contributed by atoms with E-state index in [0.717, 1.165) is 10.9 Å². The van der Waals surface area contributed by atoms with Gasteiger partial charge >= 0.3 is 12.1 Å². The number of esters is 1. The second kappa shape index (κ2) is 4.87. The first kappa shape index (κ1) is 13.9. The van der Waals surface area contributed by atoms with E-state index in [-0.39, 0.29) is 16.9 Å². The number of para-hydroxylation sites is 1. The second-order valence-corrected chi connectivity index (χ2v) is 3.90. The number of halogens is 3. The molecule has 1 aromatic heterocycles. The zero-order chi connectivity index (χ0) is 14.9. The van der Waals surface area contributed by atoms with Gasteiger partial charge in [0.2, 0.25) is 0 Å². The summed E-state index contributed by atoms with van der Waals surface area (Å²) in [5.41, 5.74) is 5.10. The predicted octanol–water partition coefficient (Wildman–Crippen LogP) is 2.26. The van der Waals surface area contributed by atoms with Gasteiger partial charge in [0.1, 0.15) is 0 Å². The summed E-state index contributed by atoms with van der Waals surface area (Å²) in [4.78, 5) is 11.5. The third-order valence-corrected chi connectivity index (χ3v) is 2.65. The number of ether oxygens (including phenoxy) is 1. The number of methoxy groups -OCH3 is 1. The highest BCUT2D eigenvalue weighted by Gasteiger charge is 2.32. The highest BCUT2D eigenvalue weighted by atomic mass is 19.4. The van der Waals surface area contributed by atoms with E-state index in [0.29, 0.717) is 6.20 Å². The molecule has 0 aliphatic carbocycles.